The molecule has 3 N–H and O–H groups in total. The lowest BCUT2D eigenvalue weighted by atomic mass is 10.1. The predicted octanol–water partition coefficient (Wildman–Crippen LogP) is 3.89. The van der Waals surface area contributed by atoms with E-state index >= 15 is 0 Å². The summed E-state index contributed by atoms with van der Waals surface area (Å²) >= 11 is 0. The number of amides is 3. The molecular weight excluding hydrogens is 370 g/mol. The van der Waals surface area contributed by atoms with Gasteiger partial charge in [0.05, 0.1) is 12.1 Å². The number of benzene rings is 2. The van der Waals surface area contributed by atoms with Crippen LogP contribution in [0.5, 0.6) is 11.5 Å². The molecule has 1 saturated carbocycles. The SMILES string of the molecule is C[C@H](NC(=O)N[C@H](C)c1ccc2c(c1)OCO2)c1ccc(NC(=O)C2CC2)cc1. The second-order valence-corrected chi connectivity index (χ2v) is 7.56. The molecule has 2 aliphatic rings. The van der Waals surface area contributed by atoms with Crippen LogP contribution >= 0.6 is 0 Å². The molecule has 7 heteroatoms. The molecule has 0 bridgehead atoms. The standard InChI is InChI=1S/C22H25N3O4/c1-13(15-5-8-18(9-6-15)25-21(26)16-3-4-16)23-22(27)24-14(2)17-7-10-19-20(11-17)29-12-28-19/h5-11,13-14,16H,3-4,12H2,1-2H3,(H,25,26)(H2,23,24,27)/t13-,14+/m0/s1. The summed E-state index contributed by atoms with van der Waals surface area (Å²) in [7, 11) is 0. The Balaban J connectivity index is 1.30. The molecule has 2 aromatic carbocycles. The van der Waals surface area contributed by atoms with Gasteiger partial charge in [0.15, 0.2) is 11.5 Å². The van der Waals surface area contributed by atoms with Gasteiger partial charge in [-0.05, 0) is 62.1 Å². The summed E-state index contributed by atoms with van der Waals surface area (Å²) in [5.74, 6) is 1.67. The number of carbonyl (C=O) groups is 2. The molecule has 0 saturated heterocycles. The Kier molecular flexibility index (Phi) is 5.29. The highest BCUT2D eigenvalue weighted by molar-refractivity contribution is 5.94. The van der Waals surface area contributed by atoms with Crippen molar-refractivity contribution in [2.24, 2.45) is 5.92 Å². The van der Waals surface area contributed by atoms with E-state index in [1.807, 2.05) is 56.3 Å². The summed E-state index contributed by atoms with van der Waals surface area (Å²) in [5, 5.41) is 8.80. The van der Waals surface area contributed by atoms with Crippen molar-refractivity contribution in [1.29, 1.82) is 0 Å². The minimum absolute atomic E-state index is 0.0841. The highest BCUT2D eigenvalue weighted by Gasteiger charge is 2.29. The number of rotatable bonds is 6. The number of nitrogens with one attached hydrogen (secondary N) is 3. The van der Waals surface area contributed by atoms with E-state index < -0.39 is 0 Å². The first-order chi connectivity index (χ1) is 14.0. The van der Waals surface area contributed by atoms with Crippen molar-refractivity contribution in [3.8, 4) is 11.5 Å². The molecule has 1 aliphatic heterocycles. The predicted molar refractivity (Wildman–Crippen MR) is 109 cm³/mol. The Bertz CT molecular complexity index is 909. The van der Waals surface area contributed by atoms with E-state index in [0.717, 1.165) is 35.4 Å². The molecule has 1 heterocycles. The second-order valence-electron chi connectivity index (χ2n) is 7.56. The highest BCUT2D eigenvalue weighted by Crippen LogP contribution is 2.34. The lowest BCUT2D eigenvalue weighted by Gasteiger charge is -2.19. The van der Waals surface area contributed by atoms with Crippen molar-refractivity contribution in [2.45, 2.75) is 38.8 Å². The molecule has 2 aromatic rings. The molecule has 3 amide bonds. The van der Waals surface area contributed by atoms with E-state index in [0.29, 0.717) is 5.75 Å². The van der Waals surface area contributed by atoms with Crippen LogP contribution < -0.4 is 25.4 Å². The number of ether oxygens (including phenoxy) is 2. The number of carbonyl (C=O) groups excluding carboxylic acids is 2. The average Bonchev–Trinajstić information content (AvgIpc) is 3.45. The summed E-state index contributed by atoms with van der Waals surface area (Å²) in [4.78, 5) is 24.2. The van der Waals surface area contributed by atoms with Crippen LogP contribution in [0, 0.1) is 5.92 Å². The Morgan fingerprint density at radius 1 is 0.897 bits per heavy atom. The molecule has 0 unspecified atom stereocenters. The monoisotopic (exact) mass is 395 g/mol. The van der Waals surface area contributed by atoms with Gasteiger partial charge in [-0.2, -0.15) is 0 Å². The first-order valence-electron chi connectivity index (χ1n) is 9.87. The topological polar surface area (TPSA) is 88.7 Å². The van der Waals surface area contributed by atoms with Gasteiger partial charge in [0.1, 0.15) is 0 Å². The van der Waals surface area contributed by atoms with Crippen LogP contribution in [0.25, 0.3) is 0 Å². The average molecular weight is 395 g/mol. The van der Waals surface area contributed by atoms with Crippen LogP contribution in [0.3, 0.4) is 0 Å². The Morgan fingerprint density at radius 3 is 2.21 bits per heavy atom. The number of hydrogen-bond acceptors (Lipinski definition) is 4. The van der Waals surface area contributed by atoms with Gasteiger partial charge in [-0.15, -0.1) is 0 Å². The maximum atomic E-state index is 12.4. The lowest BCUT2D eigenvalue weighted by Crippen LogP contribution is -2.38. The van der Waals surface area contributed by atoms with Gasteiger partial charge in [0.25, 0.3) is 0 Å². The molecule has 0 spiro atoms. The molecular formula is C22H25N3O4. The van der Waals surface area contributed by atoms with Crippen molar-refractivity contribution in [3.63, 3.8) is 0 Å². The highest BCUT2D eigenvalue weighted by atomic mass is 16.7. The molecule has 2 atom stereocenters. The van der Waals surface area contributed by atoms with E-state index in [-0.39, 0.29) is 36.7 Å². The molecule has 4 rings (SSSR count). The van der Waals surface area contributed by atoms with Gasteiger partial charge >= 0.3 is 6.03 Å². The van der Waals surface area contributed by atoms with Gasteiger partial charge in [0, 0.05) is 11.6 Å². The second kappa shape index (κ2) is 8.03. The van der Waals surface area contributed by atoms with Crippen molar-refractivity contribution >= 4 is 17.6 Å². The van der Waals surface area contributed by atoms with Crippen molar-refractivity contribution in [1.82, 2.24) is 10.6 Å². The number of fused-ring (bicyclic) bond motifs is 1. The molecule has 7 nitrogen and oxygen atoms in total. The van der Waals surface area contributed by atoms with E-state index in [1.54, 1.807) is 0 Å². The molecule has 1 aliphatic carbocycles. The van der Waals surface area contributed by atoms with E-state index in [4.69, 9.17) is 9.47 Å². The summed E-state index contributed by atoms with van der Waals surface area (Å²) in [6.07, 6.45) is 1.95. The largest absolute Gasteiger partial charge is 0.454 e. The molecule has 0 aromatic heterocycles. The van der Waals surface area contributed by atoms with Gasteiger partial charge in [0.2, 0.25) is 12.7 Å². The van der Waals surface area contributed by atoms with Gasteiger partial charge in [-0.1, -0.05) is 18.2 Å². The fourth-order valence-corrected chi connectivity index (χ4v) is 3.23. The van der Waals surface area contributed by atoms with E-state index in [1.165, 1.54) is 0 Å². The van der Waals surface area contributed by atoms with Crippen molar-refractivity contribution in [3.05, 3.63) is 53.6 Å². The number of anilines is 1. The zero-order chi connectivity index (χ0) is 20.4. The number of urea groups is 1. The maximum absolute atomic E-state index is 12.4. The Hall–Kier alpha value is -3.22. The van der Waals surface area contributed by atoms with Gasteiger partial charge in [-0.25, -0.2) is 4.79 Å². The first-order valence-corrected chi connectivity index (χ1v) is 9.87. The molecule has 0 radical (unpaired) electrons. The van der Waals surface area contributed by atoms with Crippen LogP contribution in [-0.2, 0) is 4.79 Å². The zero-order valence-electron chi connectivity index (χ0n) is 16.5. The fraction of sp³-hybridized carbons (Fsp3) is 0.364. The van der Waals surface area contributed by atoms with Gasteiger partial charge < -0.3 is 25.4 Å². The lowest BCUT2D eigenvalue weighted by molar-refractivity contribution is -0.117. The third-order valence-corrected chi connectivity index (χ3v) is 5.22. The Labute approximate surface area is 169 Å². The van der Waals surface area contributed by atoms with Crippen LogP contribution in [-0.4, -0.2) is 18.7 Å². The van der Waals surface area contributed by atoms with E-state index in [2.05, 4.69) is 16.0 Å². The molecule has 29 heavy (non-hydrogen) atoms. The maximum Gasteiger partial charge on any atom is 0.315 e. The minimum atomic E-state index is -0.256. The van der Waals surface area contributed by atoms with Gasteiger partial charge in [-0.3, -0.25) is 4.79 Å². The summed E-state index contributed by atoms with van der Waals surface area (Å²) < 4.78 is 10.7. The van der Waals surface area contributed by atoms with Crippen LogP contribution in [0.1, 0.15) is 49.9 Å². The van der Waals surface area contributed by atoms with Crippen molar-refractivity contribution < 1.29 is 19.1 Å². The van der Waals surface area contributed by atoms with E-state index in [9.17, 15) is 9.59 Å². The first kappa shape index (κ1) is 19.1. The summed E-state index contributed by atoms with van der Waals surface area (Å²) in [6.45, 7) is 4.06. The zero-order valence-corrected chi connectivity index (χ0v) is 16.5. The van der Waals surface area contributed by atoms with Crippen LogP contribution in [0.4, 0.5) is 10.5 Å². The fourth-order valence-electron chi connectivity index (χ4n) is 3.23. The normalized spacial score (nSPS) is 16.6. The van der Waals surface area contributed by atoms with Crippen molar-refractivity contribution in [2.75, 3.05) is 12.1 Å². The number of hydrogen-bond donors (Lipinski definition) is 3. The molecule has 1 fully saturated rings. The quantitative estimate of drug-likeness (QED) is 0.692. The summed E-state index contributed by atoms with van der Waals surface area (Å²) in [5.41, 5.74) is 2.67. The molecule has 152 valence electrons. The minimum Gasteiger partial charge on any atom is -0.454 e. The third kappa shape index (κ3) is 4.62. The van der Waals surface area contributed by atoms with Crippen LogP contribution in [0.15, 0.2) is 42.5 Å². The smallest absolute Gasteiger partial charge is 0.315 e. The third-order valence-electron chi connectivity index (χ3n) is 5.22. The van der Waals surface area contributed by atoms with Crippen LogP contribution in [0.2, 0.25) is 0 Å². The Morgan fingerprint density at radius 2 is 1.52 bits per heavy atom. The summed E-state index contributed by atoms with van der Waals surface area (Å²) in [6, 6.07) is 12.6.